The van der Waals surface area contributed by atoms with Crippen LogP contribution >= 0.6 is 34.8 Å². The lowest BCUT2D eigenvalue weighted by Gasteiger charge is -2.34. The van der Waals surface area contributed by atoms with E-state index in [9.17, 15) is 4.79 Å². The summed E-state index contributed by atoms with van der Waals surface area (Å²) in [5.41, 5.74) is 1.90. The Kier molecular flexibility index (Phi) is 6.60. The average molecular weight is 410 g/mol. The second-order valence-corrected chi connectivity index (χ2v) is 7.44. The molecule has 2 aromatic carbocycles. The molecule has 0 bridgehead atoms. The Labute approximate surface area is 168 Å². The summed E-state index contributed by atoms with van der Waals surface area (Å²) >= 11 is 18.3. The van der Waals surface area contributed by atoms with Gasteiger partial charge in [0.05, 0.1) is 0 Å². The van der Waals surface area contributed by atoms with Crippen molar-refractivity contribution in [3.05, 3.63) is 74.7 Å². The minimum atomic E-state index is 0.00842. The van der Waals surface area contributed by atoms with Crippen molar-refractivity contribution in [3.8, 4) is 0 Å². The van der Waals surface area contributed by atoms with Crippen molar-refractivity contribution in [2.24, 2.45) is 0 Å². The van der Waals surface area contributed by atoms with Crippen molar-refractivity contribution >= 4 is 46.8 Å². The van der Waals surface area contributed by atoms with Gasteiger partial charge in [0.2, 0.25) is 5.91 Å². The second kappa shape index (κ2) is 8.92. The van der Waals surface area contributed by atoms with E-state index in [-0.39, 0.29) is 5.91 Å². The zero-order chi connectivity index (χ0) is 18.5. The number of amides is 1. The highest BCUT2D eigenvalue weighted by molar-refractivity contribution is 6.35. The van der Waals surface area contributed by atoms with E-state index in [4.69, 9.17) is 34.8 Å². The van der Waals surface area contributed by atoms with Crippen molar-refractivity contribution in [1.29, 1.82) is 0 Å². The Bertz CT molecular complexity index is 814. The van der Waals surface area contributed by atoms with E-state index >= 15 is 0 Å². The second-order valence-electron chi connectivity index (χ2n) is 6.19. The van der Waals surface area contributed by atoms with Crippen molar-refractivity contribution in [1.82, 2.24) is 9.80 Å². The van der Waals surface area contributed by atoms with E-state index < -0.39 is 0 Å². The predicted molar refractivity (Wildman–Crippen MR) is 109 cm³/mol. The van der Waals surface area contributed by atoms with Gasteiger partial charge in [-0.1, -0.05) is 59.1 Å². The smallest absolute Gasteiger partial charge is 0.246 e. The normalized spacial score (nSPS) is 15.6. The van der Waals surface area contributed by atoms with Gasteiger partial charge in [0, 0.05) is 53.9 Å². The number of hydrogen-bond donors (Lipinski definition) is 0. The van der Waals surface area contributed by atoms with Crippen LogP contribution in [0.5, 0.6) is 0 Å². The lowest BCUT2D eigenvalue weighted by molar-refractivity contribution is -0.127. The molecular weight excluding hydrogens is 391 g/mol. The molecule has 0 spiro atoms. The van der Waals surface area contributed by atoms with Crippen LogP contribution in [0.3, 0.4) is 0 Å². The minimum absolute atomic E-state index is 0.00842. The number of carbonyl (C=O) groups is 1. The Morgan fingerprint density at radius 2 is 1.69 bits per heavy atom. The zero-order valence-electron chi connectivity index (χ0n) is 14.2. The van der Waals surface area contributed by atoms with Crippen LogP contribution in [0.4, 0.5) is 0 Å². The van der Waals surface area contributed by atoms with Gasteiger partial charge in [-0.15, -0.1) is 0 Å². The molecule has 0 N–H and O–H groups in total. The zero-order valence-corrected chi connectivity index (χ0v) is 16.4. The van der Waals surface area contributed by atoms with Crippen molar-refractivity contribution in [2.45, 2.75) is 6.54 Å². The SMILES string of the molecule is O=C(/C=C/c1ccccc1Cl)N1CCN(Cc2ccc(Cl)cc2Cl)CC1. The van der Waals surface area contributed by atoms with Crippen LogP contribution in [0.2, 0.25) is 15.1 Å². The van der Waals surface area contributed by atoms with Crippen LogP contribution in [0.1, 0.15) is 11.1 Å². The molecule has 3 rings (SSSR count). The highest BCUT2D eigenvalue weighted by atomic mass is 35.5. The van der Waals surface area contributed by atoms with E-state index in [0.29, 0.717) is 28.2 Å². The summed E-state index contributed by atoms with van der Waals surface area (Å²) in [6, 6.07) is 13.0. The van der Waals surface area contributed by atoms with Gasteiger partial charge in [0.1, 0.15) is 0 Å². The fraction of sp³-hybridized carbons (Fsp3) is 0.250. The van der Waals surface area contributed by atoms with Crippen LogP contribution < -0.4 is 0 Å². The molecule has 2 aromatic rings. The van der Waals surface area contributed by atoms with Gasteiger partial charge < -0.3 is 4.90 Å². The van der Waals surface area contributed by atoms with E-state index in [0.717, 1.165) is 30.8 Å². The maximum Gasteiger partial charge on any atom is 0.246 e. The molecule has 1 amide bonds. The van der Waals surface area contributed by atoms with Crippen molar-refractivity contribution < 1.29 is 4.79 Å². The third-order valence-electron chi connectivity index (χ3n) is 4.40. The largest absolute Gasteiger partial charge is 0.337 e. The fourth-order valence-electron chi connectivity index (χ4n) is 2.89. The molecule has 26 heavy (non-hydrogen) atoms. The number of hydrogen-bond acceptors (Lipinski definition) is 2. The van der Waals surface area contributed by atoms with Crippen LogP contribution in [-0.4, -0.2) is 41.9 Å². The molecule has 0 aliphatic carbocycles. The first-order valence-corrected chi connectivity index (χ1v) is 9.54. The molecule has 1 saturated heterocycles. The summed E-state index contributed by atoms with van der Waals surface area (Å²) < 4.78 is 0. The number of halogens is 3. The molecule has 0 atom stereocenters. The summed E-state index contributed by atoms with van der Waals surface area (Å²) in [7, 11) is 0. The van der Waals surface area contributed by atoms with E-state index in [1.807, 2.05) is 41.3 Å². The third kappa shape index (κ3) is 5.01. The summed E-state index contributed by atoms with van der Waals surface area (Å²) in [5.74, 6) is 0.00842. The molecule has 0 unspecified atom stereocenters. The maximum absolute atomic E-state index is 12.4. The first-order valence-electron chi connectivity index (χ1n) is 8.41. The third-order valence-corrected chi connectivity index (χ3v) is 5.33. The first kappa shape index (κ1) is 19.2. The van der Waals surface area contributed by atoms with Gasteiger partial charge in [-0.2, -0.15) is 0 Å². The number of carbonyl (C=O) groups excluding carboxylic acids is 1. The molecule has 1 fully saturated rings. The Hall–Kier alpha value is -1.52. The average Bonchev–Trinajstić information content (AvgIpc) is 2.64. The molecule has 0 saturated carbocycles. The Morgan fingerprint density at radius 3 is 2.38 bits per heavy atom. The quantitative estimate of drug-likeness (QED) is 0.663. The Balaban J connectivity index is 1.53. The number of piperazine rings is 1. The molecule has 3 nitrogen and oxygen atoms in total. The van der Waals surface area contributed by atoms with Crippen LogP contribution in [0.25, 0.3) is 6.08 Å². The van der Waals surface area contributed by atoms with Gasteiger partial charge in [0.25, 0.3) is 0 Å². The monoisotopic (exact) mass is 408 g/mol. The van der Waals surface area contributed by atoms with Crippen molar-refractivity contribution in [3.63, 3.8) is 0 Å². The van der Waals surface area contributed by atoms with Gasteiger partial charge in [-0.3, -0.25) is 9.69 Å². The molecule has 0 radical (unpaired) electrons. The summed E-state index contributed by atoms with van der Waals surface area (Å²) in [5, 5.41) is 1.96. The lowest BCUT2D eigenvalue weighted by Crippen LogP contribution is -2.47. The maximum atomic E-state index is 12.4. The highest BCUT2D eigenvalue weighted by Gasteiger charge is 2.20. The van der Waals surface area contributed by atoms with Gasteiger partial charge >= 0.3 is 0 Å². The standard InChI is InChI=1S/C20H19Cl3N2O/c21-17-7-5-16(19(23)13-17)14-24-9-11-25(12-10-24)20(26)8-6-15-3-1-2-4-18(15)22/h1-8,13H,9-12,14H2/b8-6+. The van der Waals surface area contributed by atoms with Gasteiger partial charge in [-0.25, -0.2) is 0 Å². The molecule has 0 aromatic heterocycles. The summed E-state index contributed by atoms with van der Waals surface area (Å²) in [6.45, 7) is 3.76. The first-order chi connectivity index (χ1) is 12.5. The van der Waals surface area contributed by atoms with Crippen molar-refractivity contribution in [2.75, 3.05) is 26.2 Å². The van der Waals surface area contributed by atoms with Gasteiger partial charge in [0.15, 0.2) is 0 Å². The van der Waals surface area contributed by atoms with E-state index in [1.165, 1.54) is 0 Å². The molecule has 1 heterocycles. The lowest BCUT2D eigenvalue weighted by atomic mass is 10.2. The van der Waals surface area contributed by atoms with E-state index in [1.54, 1.807) is 18.2 Å². The molecular formula is C20H19Cl3N2O. The van der Waals surface area contributed by atoms with Crippen LogP contribution in [0, 0.1) is 0 Å². The molecule has 1 aliphatic heterocycles. The van der Waals surface area contributed by atoms with Gasteiger partial charge in [-0.05, 0) is 35.4 Å². The number of rotatable bonds is 4. The molecule has 6 heteroatoms. The van der Waals surface area contributed by atoms with E-state index in [2.05, 4.69) is 4.90 Å². The fourth-order valence-corrected chi connectivity index (χ4v) is 3.56. The topological polar surface area (TPSA) is 23.6 Å². The number of nitrogens with zero attached hydrogens (tertiary/aromatic N) is 2. The molecule has 1 aliphatic rings. The summed E-state index contributed by atoms with van der Waals surface area (Å²) in [4.78, 5) is 16.5. The summed E-state index contributed by atoms with van der Waals surface area (Å²) in [6.07, 6.45) is 3.36. The Morgan fingerprint density at radius 1 is 0.962 bits per heavy atom. The highest BCUT2D eigenvalue weighted by Crippen LogP contribution is 2.23. The van der Waals surface area contributed by atoms with Crippen LogP contribution in [0.15, 0.2) is 48.5 Å². The van der Waals surface area contributed by atoms with Crippen LogP contribution in [-0.2, 0) is 11.3 Å². The predicted octanol–water partition coefficient (Wildman–Crippen LogP) is 5.00. The molecule has 136 valence electrons. The number of benzene rings is 2. The minimum Gasteiger partial charge on any atom is -0.337 e.